The van der Waals surface area contributed by atoms with Crippen molar-refractivity contribution in [3.63, 3.8) is 0 Å². The summed E-state index contributed by atoms with van der Waals surface area (Å²) in [6.07, 6.45) is 1.46. The normalized spacial score (nSPS) is 37.8. The van der Waals surface area contributed by atoms with Gasteiger partial charge in [0.2, 0.25) is 0 Å². The number of benzene rings is 2. The molecule has 0 radical (unpaired) electrons. The van der Waals surface area contributed by atoms with Crippen LogP contribution in [-0.4, -0.2) is 29.9 Å². The maximum absolute atomic E-state index is 6.42. The third kappa shape index (κ3) is 2.67. The molecule has 26 heavy (non-hydrogen) atoms. The van der Waals surface area contributed by atoms with Crippen molar-refractivity contribution < 1.29 is 18.9 Å². The van der Waals surface area contributed by atoms with E-state index in [0.717, 1.165) is 12.8 Å². The Hall–Kier alpha value is -1.46. The van der Waals surface area contributed by atoms with Crippen molar-refractivity contribution in [3.05, 3.63) is 48.0 Å². The van der Waals surface area contributed by atoms with Crippen LogP contribution in [0.25, 0.3) is 10.8 Å². The summed E-state index contributed by atoms with van der Waals surface area (Å²) in [6, 6.07) is 14.9. The largest absolute Gasteiger partial charge is 0.368 e. The van der Waals surface area contributed by atoms with Gasteiger partial charge >= 0.3 is 0 Å². The molecule has 1 saturated carbocycles. The zero-order chi connectivity index (χ0) is 17.9. The number of rotatable bonds is 3. The van der Waals surface area contributed by atoms with E-state index in [2.05, 4.69) is 49.4 Å². The van der Waals surface area contributed by atoms with Gasteiger partial charge in [-0.25, -0.2) is 0 Å². The van der Waals surface area contributed by atoms with Gasteiger partial charge in [-0.15, -0.1) is 0 Å². The van der Waals surface area contributed by atoms with Gasteiger partial charge in [0.25, 0.3) is 0 Å². The van der Waals surface area contributed by atoms with Gasteiger partial charge in [-0.2, -0.15) is 0 Å². The zero-order valence-electron chi connectivity index (χ0n) is 15.6. The van der Waals surface area contributed by atoms with Gasteiger partial charge in [-0.05, 0) is 55.0 Å². The van der Waals surface area contributed by atoms with Crippen molar-refractivity contribution in [2.45, 2.75) is 70.1 Å². The van der Waals surface area contributed by atoms with E-state index < -0.39 is 5.79 Å². The SMILES string of the molecule is CC1CC2(C1)O[C@@H]1OC(C)(C)O[C@@H]1[C@@H]2OCc1ccc2ccccc2c1. The minimum atomic E-state index is -0.614. The fourth-order valence-corrected chi connectivity index (χ4v) is 4.86. The van der Waals surface area contributed by atoms with Gasteiger partial charge < -0.3 is 18.9 Å². The lowest BCUT2D eigenvalue weighted by molar-refractivity contribution is -0.268. The summed E-state index contributed by atoms with van der Waals surface area (Å²) < 4.78 is 24.8. The summed E-state index contributed by atoms with van der Waals surface area (Å²) in [4.78, 5) is 0. The van der Waals surface area contributed by atoms with E-state index in [-0.39, 0.29) is 24.1 Å². The summed E-state index contributed by atoms with van der Waals surface area (Å²) in [7, 11) is 0. The smallest absolute Gasteiger partial charge is 0.190 e. The lowest BCUT2D eigenvalue weighted by Gasteiger charge is -2.47. The average molecular weight is 354 g/mol. The highest BCUT2D eigenvalue weighted by molar-refractivity contribution is 5.82. The molecule has 0 bridgehead atoms. The summed E-state index contributed by atoms with van der Waals surface area (Å²) in [5, 5.41) is 2.49. The fraction of sp³-hybridized carbons (Fsp3) is 0.545. The highest BCUT2D eigenvalue weighted by Gasteiger charge is 2.65. The van der Waals surface area contributed by atoms with Crippen molar-refractivity contribution in [1.29, 1.82) is 0 Å². The molecule has 2 heterocycles. The molecule has 0 aromatic heterocycles. The number of hydrogen-bond donors (Lipinski definition) is 0. The third-order valence-electron chi connectivity index (χ3n) is 5.89. The average Bonchev–Trinajstić information content (AvgIpc) is 3.01. The Morgan fingerprint density at radius 2 is 1.77 bits per heavy atom. The zero-order valence-corrected chi connectivity index (χ0v) is 15.6. The molecule has 1 aliphatic carbocycles. The Morgan fingerprint density at radius 1 is 1.00 bits per heavy atom. The van der Waals surface area contributed by atoms with E-state index in [0.29, 0.717) is 12.5 Å². The van der Waals surface area contributed by atoms with Crippen molar-refractivity contribution in [2.24, 2.45) is 5.92 Å². The molecule has 5 rings (SSSR count). The van der Waals surface area contributed by atoms with E-state index in [1.165, 1.54) is 16.3 Å². The first-order valence-electron chi connectivity index (χ1n) is 9.57. The van der Waals surface area contributed by atoms with Crippen LogP contribution < -0.4 is 0 Å². The molecular weight excluding hydrogens is 328 g/mol. The topological polar surface area (TPSA) is 36.9 Å². The Balaban J connectivity index is 1.36. The molecule has 2 aliphatic heterocycles. The molecule has 0 N–H and O–H groups in total. The highest BCUT2D eigenvalue weighted by Crippen LogP contribution is 2.54. The highest BCUT2D eigenvalue weighted by atomic mass is 16.8. The van der Waals surface area contributed by atoms with Crippen molar-refractivity contribution in [2.75, 3.05) is 0 Å². The Morgan fingerprint density at radius 3 is 2.54 bits per heavy atom. The van der Waals surface area contributed by atoms with Crippen LogP contribution in [0.1, 0.15) is 39.2 Å². The Bertz CT molecular complexity index is 824. The molecule has 3 atom stereocenters. The van der Waals surface area contributed by atoms with Gasteiger partial charge in [0, 0.05) is 0 Å². The third-order valence-corrected chi connectivity index (χ3v) is 5.89. The summed E-state index contributed by atoms with van der Waals surface area (Å²) >= 11 is 0. The molecule has 4 heteroatoms. The predicted octanol–water partition coefficient (Wildman–Crippen LogP) is 4.40. The second-order valence-electron chi connectivity index (χ2n) is 8.58. The summed E-state index contributed by atoms with van der Waals surface area (Å²) in [5.74, 6) is 0.0465. The number of fused-ring (bicyclic) bond motifs is 2. The molecule has 2 aromatic rings. The predicted molar refractivity (Wildman–Crippen MR) is 98.6 cm³/mol. The standard InChI is InChI=1S/C22H26O4/c1-14-11-22(12-14)19(18-20(26-22)25-21(2,3)24-18)23-13-15-8-9-16-6-4-5-7-17(16)10-15/h4-10,14,18-20H,11-13H2,1-3H3/t14?,18-,19+,20+,22?/m1/s1. The monoisotopic (exact) mass is 354 g/mol. The van der Waals surface area contributed by atoms with Crippen LogP contribution in [0.5, 0.6) is 0 Å². The molecule has 0 amide bonds. The number of hydrogen-bond acceptors (Lipinski definition) is 4. The minimum absolute atomic E-state index is 0.0862. The molecule has 3 fully saturated rings. The van der Waals surface area contributed by atoms with Crippen LogP contribution in [0.15, 0.2) is 42.5 Å². The molecule has 1 spiro atoms. The van der Waals surface area contributed by atoms with Crippen LogP contribution in [0.3, 0.4) is 0 Å². The summed E-state index contributed by atoms with van der Waals surface area (Å²) in [6.45, 7) is 6.69. The maximum atomic E-state index is 6.42. The first kappa shape index (κ1) is 16.7. The fourth-order valence-electron chi connectivity index (χ4n) is 4.86. The lowest BCUT2D eigenvalue weighted by Crippen LogP contribution is -2.54. The molecule has 4 nitrogen and oxygen atoms in total. The van der Waals surface area contributed by atoms with Gasteiger partial charge in [0.15, 0.2) is 12.1 Å². The summed E-state index contributed by atoms with van der Waals surface area (Å²) in [5.41, 5.74) is 0.926. The first-order chi connectivity index (χ1) is 12.4. The molecule has 0 unspecified atom stereocenters. The van der Waals surface area contributed by atoms with E-state index in [9.17, 15) is 0 Å². The van der Waals surface area contributed by atoms with Gasteiger partial charge in [-0.3, -0.25) is 0 Å². The number of ether oxygens (including phenoxy) is 4. The minimum Gasteiger partial charge on any atom is -0.368 e. The second kappa shape index (κ2) is 5.77. The van der Waals surface area contributed by atoms with Crippen LogP contribution in [0.4, 0.5) is 0 Å². The van der Waals surface area contributed by atoms with Crippen LogP contribution in [0.2, 0.25) is 0 Å². The molecule has 3 aliphatic rings. The van der Waals surface area contributed by atoms with E-state index in [1.54, 1.807) is 0 Å². The van der Waals surface area contributed by atoms with E-state index >= 15 is 0 Å². The van der Waals surface area contributed by atoms with Gasteiger partial charge in [0.1, 0.15) is 17.8 Å². The quantitative estimate of drug-likeness (QED) is 0.819. The van der Waals surface area contributed by atoms with Crippen LogP contribution in [0, 0.1) is 5.92 Å². The second-order valence-corrected chi connectivity index (χ2v) is 8.58. The van der Waals surface area contributed by atoms with Crippen molar-refractivity contribution in [1.82, 2.24) is 0 Å². The van der Waals surface area contributed by atoms with Crippen molar-refractivity contribution in [3.8, 4) is 0 Å². The molecule has 138 valence electrons. The van der Waals surface area contributed by atoms with Gasteiger partial charge in [-0.1, -0.05) is 43.3 Å². The van der Waals surface area contributed by atoms with Gasteiger partial charge in [0.05, 0.1) is 6.61 Å². The Kier molecular flexibility index (Phi) is 3.70. The van der Waals surface area contributed by atoms with E-state index in [4.69, 9.17) is 18.9 Å². The molecule has 2 aromatic carbocycles. The van der Waals surface area contributed by atoms with Crippen molar-refractivity contribution >= 4 is 10.8 Å². The molecule has 2 saturated heterocycles. The van der Waals surface area contributed by atoms with Crippen LogP contribution in [-0.2, 0) is 25.6 Å². The molecular formula is C22H26O4. The van der Waals surface area contributed by atoms with E-state index in [1.807, 2.05) is 13.8 Å². The first-order valence-corrected chi connectivity index (χ1v) is 9.57. The Labute approximate surface area is 154 Å². The van der Waals surface area contributed by atoms with Crippen LogP contribution >= 0.6 is 0 Å². The maximum Gasteiger partial charge on any atom is 0.190 e. The lowest BCUT2D eigenvalue weighted by atomic mass is 9.68.